The highest BCUT2D eigenvalue weighted by Gasteiger charge is 2.57. The fourth-order valence-electron chi connectivity index (χ4n) is 4.68. The molecule has 2 heterocycles. The molecule has 0 aliphatic carbocycles. The average molecular weight is 702 g/mol. The summed E-state index contributed by atoms with van der Waals surface area (Å²) < 4.78 is 104. The minimum absolute atomic E-state index is 0.0281. The SMILES string of the molecule is COc1cc(C(=O)NCC(O)(c2cc3c(c(-c4ccc(F)cc4)n2)OC[C@@]3(C)NS(=O)C(C)(C)C)C(F)(F)F)cc(F)c1OC[C@@H](C)O. The molecule has 1 aromatic heterocycles. The van der Waals surface area contributed by atoms with Crippen molar-refractivity contribution in [2.24, 2.45) is 0 Å². The van der Waals surface area contributed by atoms with E-state index >= 15 is 0 Å². The van der Waals surface area contributed by atoms with Crippen LogP contribution in [0.3, 0.4) is 0 Å². The number of methoxy groups -OCH3 is 1. The predicted octanol–water partition coefficient (Wildman–Crippen LogP) is 4.63. The van der Waals surface area contributed by atoms with Crippen LogP contribution >= 0.6 is 0 Å². The summed E-state index contributed by atoms with van der Waals surface area (Å²) >= 11 is 0. The summed E-state index contributed by atoms with van der Waals surface area (Å²) in [5, 5.41) is 22.8. The third-order valence-corrected chi connectivity index (χ3v) is 9.17. The van der Waals surface area contributed by atoms with Gasteiger partial charge >= 0.3 is 6.18 Å². The van der Waals surface area contributed by atoms with E-state index in [4.69, 9.17) is 14.2 Å². The van der Waals surface area contributed by atoms with Crippen molar-refractivity contribution in [2.75, 3.05) is 26.9 Å². The molecule has 3 aromatic rings. The number of aliphatic hydroxyl groups is 2. The van der Waals surface area contributed by atoms with E-state index in [0.717, 1.165) is 31.4 Å². The first-order valence-corrected chi connectivity index (χ1v) is 15.8. The molecule has 0 spiro atoms. The monoisotopic (exact) mass is 701 g/mol. The number of aromatic nitrogens is 1. The number of amides is 1. The number of halogens is 5. The number of hydrogen-bond donors (Lipinski definition) is 4. The second kappa shape index (κ2) is 13.6. The van der Waals surface area contributed by atoms with Crippen molar-refractivity contribution < 1.29 is 55.4 Å². The number of rotatable bonds is 11. The highest BCUT2D eigenvalue weighted by Crippen LogP contribution is 2.47. The lowest BCUT2D eigenvalue weighted by molar-refractivity contribution is -0.265. The molecule has 0 bridgehead atoms. The minimum atomic E-state index is -5.43. The summed E-state index contributed by atoms with van der Waals surface area (Å²) in [4.78, 5) is 17.2. The predicted molar refractivity (Wildman–Crippen MR) is 166 cm³/mol. The third kappa shape index (κ3) is 7.56. The molecule has 2 unspecified atom stereocenters. The Morgan fingerprint density at radius 2 is 1.79 bits per heavy atom. The van der Waals surface area contributed by atoms with Crippen molar-refractivity contribution in [3.05, 3.63) is 70.9 Å². The zero-order chi connectivity index (χ0) is 35.8. The number of ether oxygens (including phenoxy) is 3. The summed E-state index contributed by atoms with van der Waals surface area (Å²) in [6.07, 6.45) is -6.39. The Hall–Kier alpha value is -3.86. The molecule has 4 rings (SSSR count). The Labute approximate surface area is 276 Å². The van der Waals surface area contributed by atoms with Crippen LogP contribution in [0.15, 0.2) is 42.5 Å². The van der Waals surface area contributed by atoms with Crippen LogP contribution in [0.1, 0.15) is 56.2 Å². The topological polar surface area (TPSA) is 139 Å². The second-order valence-electron chi connectivity index (χ2n) is 12.5. The molecule has 262 valence electrons. The highest BCUT2D eigenvalue weighted by molar-refractivity contribution is 7.84. The standard InChI is InChI=1S/C32H36F5N3O7S/c1-17(41)14-46-27-22(34)11-19(12-23(27)45-6)28(42)38-15-31(43,32(35,36)37)24-13-21-26(25(39-24)18-7-9-20(33)10-8-18)47-16-30(21,5)40-48(44)29(2,3)4/h7-13,17,40-41,43H,14-16H2,1-6H3,(H,38,42)/t17-,30-,31?,48?/m1/s1. The van der Waals surface area contributed by atoms with Crippen LogP contribution in [-0.4, -0.2) is 69.2 Å². The molecule has 0 saturated heterocycles. The van der Waals surface area contributed by atoms with Crippen LogP contribution < -0.4 is 24.2 Å². The second-order valence-corrected chi connectivity index (χ2v) is 14.5. The Morgan fingerprint density at radius 1 is 1.15 bits per heavy atom. The van der Waals surface area contributed by atoms with Gasteiger partial charge in [-0.3, -0.25) is 4.79 Å². The summed E-state index contributed by atoms with van der Waals surface area (Å²) in [6, 6.07) is 7.36. The van der Waals surface area contributed by atoms with Crippen LogP contribution in [-0.2, 0) is 22.1 Å². The van der Waals surface area contributed by atoms with Gasteiger partial charge in [0.05, 0.1) is 46.7 Å². The molecule has 1 aliphatic heterocycles. The van der Waals surface area contributed by atoms with Crippen LogP contribution in [0, 0.1) is 11.6 Å². The van der Waals surface area contributed by atoms with Gasteiger partial charge in [-0.2, -0.15) is 13.2 Å². The smallest absolute Gasteiger partial charge is 0.424 e. The lowest BCUT2D eigenvalue weighted by Crippen LogP contribution is -2.52. The van der Waals surface area contributed by atoms with Gasteiger partial charge in [-0.05, 0) is 77.1 Å². The number of pyridine rings is 1. The maximum absolute atomic E-state index is 14.9. The summed E-state index contributed by atoms with van der Waals surface area (Å²) in [6.45, 7) is 6.09. The molecule has 0 saturated carbocycles. The molecular weight excluding hydrogens is 665 g/mol. The minimum Gasteiger partial charge on any atom is -0.493 e. The first-order valence-electron chi connectivity index (χ1n) is 14.6. The zero-order valence-corrected chi connectivity index (χ0v) is 27.7. The van der Waals surface area contributed by atoms with Gasteiger partial charge in [-0.25, -0.2) is 22.7 Å². The van der Waals surface area contributed by atoms with E-state index in [1.165, 1.54) is 19.1 Å². The lowest BCUT2D eigenvalue weighted by atomic mass is 9.89. The summed E-state index contributed by atoms with van der Waals surface area (Å²) in [7, 11) is -0.570. The maximum Gasteiger partial charge on any atom is 0.424 e. The van der Waals surface area contributed by atoms with E-state index in [9.17, 15) is 41.2 Å². The number of fused-ring (bicyclic) bond motifs is 1. The van der Waals surface area contributed by atoms with Crippen LogP contribution in [0.5, 0.6) is 17.2 Å². The van der Waals surface area contributed by atoms with Gasteiger partial charge in [0.15, 0.2) is 23.1 Å². The first kappa shape index (κ1) is 37.0. The Kier molecular flexibility index (Phi) is 10.4. The fourth-order valence-corrected chi connectivity index (χ4v) is 5.57. The average Bonchev–Trinajstić information content (AvgIpc) is 3.33. The molecule has 4 atom stereocenters. The van der Waals surface area contributed by atoms with Crippen molar-refractivity contribution in [3.8, 4) is 28.5 Å². The van der Waals surface area contributed by atoms with E-state index in [2.05, 4.69) is 9.71 Å². The van der Waals surface area contributed by atoms with Gasteiger partial charge in [0.1, 0.15) is 24.7 Å². The van der Waals surface area contributed by atoms with Gasteiger partial charge in [-0.1, -0.05) is 0 Å². The highest BCUT2D eigenvalue weighted by atomic mass is 32.2. The Morgan fingerprint density at radius 3 is 2.35 bits per heavy atom. The molecular formula is C32H36F5N3O7S. The molecule has 0 fully saturated rings. The Balaban J connectivity index is 1.78. The normalized spacial score (nSPS) is 18.7. The van der Waals surface area contributed by atoms with Crippen molar-refractivity contribution >= 4 is 16.9 Å². The maximum atomic E-state index is 14.9. The largest absolute Gasteiger partial charge is 0.493 e. The van der Waals surface area contributed by atoms with E-state index in [1.807, 2.05) is 5.32 Å². The summed E-state index contributed by atoms with van der Waals surface area (Å²) in [5.41, 5.74) is -6.48. The van der Waals surface area contributed by atoms with Crippen LogP contribution in [0.25, 0.3) is 11.3 Å². The zero-order valence-electron chi connectivity index (χ0n) is 26.9. The quantitative estimate of drug-likeness (QED) is 0.212. The van der Waals surface area contributed by atoms with Gasteiger partial charge in [-0.15, -0.1) is 0 Å². The van der Waals surface area contributed by atoms with E-state index in [1.54, 1.807) is 27.7 Å². The Bertz CT molecular complexity index is 1700. The first-order chi connectivity index (χ1) is 22.2. The van der Waals surface area contributed by atoms with Crippen molar-refractivity contribution in [2.45, 2.75) is 62.8 Å². The number of alkyl halides is 3. The summed E-state index contributed by atoms with van der Waals surface area (Å²) in [5.74, 6) is -3.58. The molecule has 1 aliphatic rings. The van der Waals surface area contributed by atoms with Gasteiger partial charge in [0.25, 0.3) is 5.91 Å². The number of carbonyl (C=O) groups excluding carboxylic acids is 1. The third-order valence-electron chi connectivity index (χ3n) is 7.42. The van der Waals surface area contributed by atoms with E-state index < -0.39 is 80.2 Å². The number of nitrogens with one attached hydrogen (secondary N) is 2. The molecule has 48 heavy (non-hydrogen) atoms. The molecule has 0 radical (unpaired) electrons. The van der Waals surface area contributed by atoms with Crippen molar-refractivity contribution in [3.63, 3.8) is 0 Å². The molecule has 16 heteroatoms. The number of benzene rings is 2. The molecule has 1 amide bonds. The van der Waals surface area contributed by atoms with Crippen molar-refractivity contribution in [1.29, 1.82) is 0 Å². The molecule has 4 N–H and O–H groups in total. The van der Waals surface area contributed by atoms with Crippen molar-refractivity contribution in [1.82, 2.24) is 15.0 Å². The van der Waals surface area contributed by atoms with E-state index in [0.29, 0.717) is 6.07 Å². The number of aliphatic hydroxyl groups excluding tert-OH is 1. The number of carbonyl (C=O) groups is 1. The van der Waals surface area contributed by atoms with Crippen LogP contribution in [0.2, 0.25) is 0 Å². The number of hydrogen-bond acceptors (Lipinski definition) is 8. The molecule has 2 aromatic carbocycles. The fraction of sp³-hybridized carbons (Fsp3) is 0.438. The molecule has 10 nitrogen and oxygen atoms in total. The lowest BCUT2D eigenvalue weighted by Gasteiger charge is -2.32. The van der Waals surface area contributed by atoms with Gasteiger partial charge in [0.2, 0.25) is 5.60 Å². The number of nitrogens with zero attached hydrogens (tertiary/aromatic N) is 1. The van der Waals surface area contributed by atoms with Gasteiger partial charge < -0.3 is 29.7 Å². The van der Waals surface area contributed by atoms with Gasteiger partial charge in [0, 0.05) is 16.7 Å². The van der Waals surface area contributed by atoms with Crippen LogP contribution in [0.4, 0.5) is 22.0 Å². The van der Waals surface area contributed by atoms with E-state index in [-0.39, 0.29) is 41.5 Å².